The summed E-state index contributed by atoms with van der Waals surface area (Å²) >= 11 is 5.83. The van der Waals surface area contributed by atoms with Crippen molar-refractivity contribution in [2.75, 3.05) is 6.54 Å². The summed E-state index contributed by atoms with van der Waals surface area (Å²) < 4.78 is 0. The number of halogens is 1. The second kappa shape index (κ2) is 4.58. The van der Waals surface area contributed by atoms with E-state index in [1.54, 1.807) is 6.20 Å². The maximum absolute atomic E-state index is 5.83. The molecular formula is C14H19ClN2. The number of nitrogens with zero attached hydrogens (tertiary/aromatic N) is 1. The molecule has 1 aliphatic heterocycles. The Balaban J connectivity index is 1.52. The third-order valence-electron chi connectivity index (χ3n) is 4.26. The number of nitrogens with one attached hydrogen (secondary N) is 1. The average Bonchev–Trinajstić information content (AvgIpc) is 3.08. The van der Waals surface area contributed by atoms with E-state index >= 15 is 0 Å². The lowest BCUT2D eigenvalue weighted by Crippen LogP contribution is -2.39. The van der Waals surface area contributed by atoms with E-state index in [0.717, 1.165) is 22.6 Å². The van der Waals surface area contributed by atoms with E-state index in [1.165, 1.54) is 38.6 Å². The molecule has 2 heterocycles. The summed E-state index contributed by atoms with van der Waals surface area (Å²) in [5.74, 6) is 0. The minimum absolute atomic E-state index is 0.698. The fourth-order valence-electron chi connectivity index (χ4n) is 2.95. The van der Waals surface area contributed by atoms with Gasteiger partial charge >= 0.3 is 0 Å². The van der Waals surface area contributed by atoms with Crippen LogP contribution >= 0.6 is 11.6 Å². The van der Waals surface area contributed by atoms with Gasteiger partial charge in [-0.1, -0.05) is 11.6 Å². The van der Waals surface area contributed by atoms with Crippen LogP contribution in [0.5, 0.6) is 0 Å². The lowest BCUT2D eigenvalue weighted by atomic mass is 9.87. The first-order valence-corrected chi connectivity index (χ1v) is 6.97. The van der Waals surface area contributed by atoms with Crippen molar-refractivity contribution in [3.05, 3.63) is 29.0 Å². The SMILES string of the molecule is Clc1ccc(CCC2CC3(CCN2)CC3)nc1. The van der Waals surface area contributed by atoms with Crippen LogP contribution < -0.4 is 5.32 Å². The smallest absolute Gasteiger partial charge is 0.0589 e. The first-order valence-electron chi connectivity index (χ1n) is 6.60. The molecule has 0 bridgehead atoms. The fourth-order valence-corrected chi connectivity index (χ4v) is 3.06. The molecule has 2 fully saturated rings. The van der Waals surface area contributed by atoms with Crippen LogP contribution in [0, 0.1) is 5.41 Å². The molecule has 1 saturated heterocycles. The molecule has 1 spiro atoms. The van der Waals surface area contributed by atoms with Crippen molar-refractivity contribution in [2.45, 2.75) is 44.6 Å². The maximum Gasteiger partial charge on any atom is 0.0589 e. The highest BCUT2D eigenvalue weighted by atomic mass is 35.5. The van der Waals surface area contributed by atoms with E-state index < -0.39 is 0 Å². The Morgan fingerprint density at radius 3 is 2.94 bits per heavy atom. The molecule has 2 nitrogen and oxygen atoms in total. The summed E-state index contributed by atoms with van der Waals surface area (Å²) in [6.45, 7) is 1.21. The van der Waals surface area contributed by atoms with E-state index in [4.69, 9.17) is 11.6 Å². The Hall–Kier alpha value is -0.600. The molecule has 17 heavy (non-hydrogen) atoms. The minimum atomic E-state index is 0.698. The van der Waals surface area contributed by atoms with E-state index in [2.05, 4.69) is 10.3 Å². The number of hydrogen-bond donors (Lipinski definition) is 1. The molecule has 3 heteroatoms. The third kappa shape index (κ3) is 2.80. The molecule has 1 unspecified atom stereocenters. The number of hydrogen-bond acceptors (Lipinski definition) is 2. The lowest BCUT2D eigenvalue weighted by molar-refractivity contribution is 0.272. The molecule has 92 valence electrons. The van der Waals surface area contributed by atoms with Gasteiger partial charge < -0.3 is 5.32 Å². The molecule has 0 radical (unpaired) electrons. The van der Waals surface area contributed by atoms with Gasteiger partial charge in [-0.3, -0.25) is 4.98 Å². The van der Waals surface area contributed by atoms with Gasteiger partial charge in [-0.25, -0.2) is 0 Å². The third-order valence-corrected chi connectivity index (χ3v) is 4.49. The first-order chi connectivity index (χ1) is 8.26. The summed E-state index contributed by atoms with van der Waals surface area (Å²) in [5.41, 5.74) is 1.90. The Morgan fingerprint density at radius 2 is 2.24 bits per heavy atom. The molecule has 3 rings (SSSR count). The van der Waals surface area contributed by atoms with Gasteiger partial charge in [0.25, 0.3) is 0 Å². The standard InChI is InChI=1S/C14H19ClN2/c15-11-1-2-12(17-10-11)3-4-13-9-14(5-6-14)7-8-16-13/h1-2,10,13,16H,3-9H2. The van der Waals surface area contributed by atoms with Gasteiger partial charge in [0, 0.05) is 17.9 Å². The largest absolute Gasteiger partial charge is 0.314 e. The maximum atomic E-state index is 5.83. The van der Waals surface area contributed by atoms with Crippen molar-refractivity contribution in [1.82, 2.24) is 10.3 Å². The molecule has 0 amide bonds. The predicted molar refractivity (Wildman–Crippen MR) is 70.3 cm³/mol. The second-order valence-electron chi connectivity index (χ2n) is 5.61. The van der Waals surface area contributed by atoms with Crippen LogP contribution in [0.3, 0.4) is 0 Å². The van der Waals surface area contributed by atoms with Crippen LogP contribution in [0.1, 0.15) is 37.8 Å². The van der Waals surface area contributed by atoms with Gasteiger partial charge in [0.15, 0.2) is 0 Å². The predicted octanol–water partition coefficient (Wildman–Crippen LogP) is 3.20. The van der Waals surface area contributed by atoms with Crippen LogP contribution in [0.15, 0.2) is 18.3 Å². The molecule has 2 aliphatic rings. The van der Waals surface area contributed by atoms with Crippen molar-refractivity contribution in [3.8, 4) is 0 Å². The van der Waals surface area contributed by atoms with Gasteiger partial charge in [0.2, 0.25) is 0 Å². The molecule has 1 aromatic rings. The average molecular weight is 251 g/mol. The van der Waals surface area contributed by atoms with E-state index in [-0.39, 0.29) is 0 Å². The number of rotatable bonds is 3. The summed E-state index contributed by atoms with van der Waals surface area (Å²) in [7, 11) is 0. The summed E-state index contributed by atoms with van der Waals surface area (Å²) in [6, 6.07) is 4.67. The summed E-state index contributed by atoms with van der Waals surface area (Å²) in [6.07, 6.45) is 9.70. The molecule has 1 aliphatic carbocycles. The van der Waals surface area contributed by atoms with Gasteiger partial charge in [-0.15, -0.1) is 0 Å². The van der Waals surface area contributed by atoms with Crippen LogP contribution in [0.2, 0.25) is 5.02 Å². The summed E-state index contributed by atoms with van der Waals surface area (Å²) in [5, 5.41) is 4.37. The van der Waals surface area contributed by atoms with Gasteiger partial charge in [0.05, 0.1) is 5.02 Å². The molecule has 1 N–H and O–H groups in total. The van der Waals surface area contributed by atoms with Gasteiger partial charge in [-0.2, -0.15) is 0 Å². The quantitative estimate of drug-likeness (QED) is 0.891. The number of pyridine rings is 1. The zero-order valence-electron chi connectivity index (χ0n) is 10.1. The van der Waals surface area contributed by atoms with Crippen LogP contribution in [0.25, 0.3) is 0 Å². The zero-order chi connectivity index (χ0) is 11.7. The van der Waals surface area contributed by atoms with E-state index in [1.807, 2.05) is 12.1 Å². The Morgan fingerprint density at radius 1 is 1.35 bits per heavy atom. The summed E-state index contributed by atoms with van der Waals surface area (Å²) in [4.78, 5) is 4.35. The zero-order valence-corrected chi connectivity index (χ0v) is 10.8. The fraction of sp³-hybridized carbons (Fsp3) is 0.643. The molecule has 1 atom stereocenters. The number of piperidine rings is 1. The number of aryl methyl sites for hydroxylation is 1. The van der Waals surface area contributed by atoms with Crippen molar-refractivity contribution in [3.63, 3.8) is 0 Å². The Bertz CT molecular complexity index is 384. The van der Waals surface area contributed by atoms with Crippen molar-refractivity contribution >= 4 is 11.6 Å². The minimum Gasteiger partial charge on any atom is -0.314 e. The molecule has 0 aromatic carbocycles. The van der Waals surface area contributed by atoms with Crippen LogP contribution in [-0.2, 0) is 6.42 Å². The normalized spacial score (nSPS) is 26.1. The van der Waals surface area contributed by atoms with Gasteiger partial charge in [-0.05, 0) is 62.6 Å². The molecule has 1 saturated carbocycles. The first kappa shape index (κ1) is 11.5. The molecule has 1 aromatic heterocycles. The highest BCUT2D eigenvalue weighted by Gasteiger charge is 2.45. The van der Waals surface area contributed by atoms with Crippen LogP contribution in [-0.4, -0.2) is 17.6 Å². The highest BCUT2D eigenvalue weighted by Crippen LogP contribution is 2.54. The van der Waals surface area contributed by atoms with E-state index in [0.29, 0.717) is 6.04 Å². The van der Waals surface area contributed by atoms with Crippen LogP contribution in [0.4, 0.5) is 0 Å². The lowest BCUT2D eigenvalue weighted by Gasteiger charge is -2.30. The highest BCUT2D eigenvalue weighted by molar-refractivity contribution is 6.30. The van der Waals surface area contributed by atoms with Crippen molar-refractivity contribution in [2.24, 2.45) is 5.41 Å². The van der Waals surface area contributed by atoms with Crippen molar-refractivity contribution in [1.29, 1.82) is 0 Å². The number of aromatic nitrogens is 1. The topological polar surface area (TPSA) is 24.9 Å². The monoisotopic (exact) mass is 250 g/mol. The Labute approximate surface area is 108 Å². The van der Waals surface area contributed by atoms with E-state index in [9.17, 15) is 0 Å². The second-order valence-corrected chi connectivity index (χ2v) is 6.05. The molecular weight excluding hydrogens is 232 g/mol. The van der Waals surface area contributed by atoms with Gasteiger partial charge in [0.1, 0.15) is 0 Å². The van der Waals surface area contributed by atoms with Crippen molar-refractivity contribution < 1.29 is 0 Å². The Kier molecular flexibility index (Phi) is 3.10.